The first-order chi connectivity index (χ1) is 10.8. The number of halogens is 4. The molecule has 2 rings (SSSR count). The molecule has 0 radical (unpaired) electrons. The molecule has 122 valence electrons. The molecule has 0 bridgehead atoms. The van der Waals surface area contributed by atoms with E-state index >= 15 is 0 Å². The zero-order chi connectivity index (χ0) is 17.0. The summed E-state index contributed by atoms with van der Waals surface area (Å²) in [7, 11) is 0. The Labute approximate surface area is 157 Å². The lowest BCUT2D eigenvalue weighted by molar-refractivity contribution is -0.385. The summed E-state index contributed by atoms with van der Waals surface area (Å²) < 4.78 is 1.34. The van der Waals surface area contributed by atoms with Crippen molar-refractivity contribution in [2.24, 2.45) is 0 Å². The second-order valence-corrected chi connectivity index (χ2v) is 8.07. The molecule has 0 saturated heterocycles. The number of benzene rings is 2. The Hall–Kier alpha value is -0.690. The monoisotopic (exact) mass is 410 g/mol. The zero-order valence-corrected chi connectivity index (χ0v) is 15.3. The van der Waals surface area contributed by atoms with E-state index in [9.17, 15) is 10.1 Å². The summed E-state index contributed by atoms with van der Waals surface area (Å²) in [6.07, 6.45) is 0. The van der Waals surface area contributed by atoms with Gasteiger partial charge >= 0.3 is 0 Å². The van der Waals surface area contributed by atoms with Crippen molar-refractivity contribution in [3.63, 3.8) is 0 Å². The molecule has 0 unspecified atom stereocenters. The number of non-ortho nitro benzene ring substituents is 1. The van der Waals surface area contributed by atoms with Crippen molar-refractivity contribution in [2.45, 2.75) is 15.2 Å². The first-order valence-corrected chi connectivity index (χ1v) is 8.60. The van der Waals surface area contributed by atoms with E-state index in [-0.39, 0.29) is 11.3 Å². The van der Waals surface area contributed by atoms with E-state index in [4.69, 9.17) is 46.4 Å². The molecule has 0 aliphatic carbocycles. The highest BCUT2D eigenvalue weighted by atomic mass is 35.6. The largest absolute Gasteiger partial charge is 0.269 e. The predicted octanol–water partition coefficient (Wildman–Crippen LogP) is 5.87. The summed E-state index contributed by atoms with van der Waals surface area (Å²) in [5.41, 5.74) is 1.02. The third-order valence-corrected chi connectivity index (χ3v) is 4.73. The molecule has 0 fully saturated rings. The first-order valence-electron chi connectivity index (χ1n) is 6.28. The second-order valence-electron chi connectivity index (χ2n) is 4.45. The van der Waals surface area contributed by atoms with Gasteiger partial charge in [-0.15, -0.1) is 0 Å². The molecule has 4 nitrogen and oxygen atoms in total. The van der Waals surface area contributed by atoms with Gasteiger partial charge in [0.05, 0.1) is 4.92 Å². The van der Waals surface area contributed by atoms with Gasteiger partial charge in [0, 0.05) is 34.2 Å². The fourth-order valence-corrected chi connectivity index (χ4v) is 3.46. The number of hydrogen-bond donors (Lipinski definition) is 1. The van der Waals surface area contributed by atoms with E-state index in [1.54, 1.807) is 12.1 Å². The molecule has 0 aliphatic rings. The topological polar surface area (TPSA) is 55.2 Å². The van der Waals surface area contributed by atoms with Crippen LogP contribution in [0.4, 0.5) is 5.69 Å². The predicted molar refractivity (Wildman–Crippen MR) is 96.5 cm³/mol. The number of nitro benzene ring substituents is 1. The molecule has 0 aliphatic heterocycles. The number of hydrogen-bond acceptors (Lipinski definition) is 4. The van der Waals surface area contributed by atoms with Crippen molar-refractivity contribution in [1.29, 1.82) is 0 Å². The number of rotatable bonds is 5. The molecule has 0 heterocycles. The first kappa shape index (κ1) is 18.6. The van der Waals surface area contributed by atoms with Crippen LogP contribution in [0, 0.1) is 10.1 Å². The summed E-state index contributed by atoms with van der Waals surface area (Å²) in [6.45, 7) is 0.487. The van der Waals surface area contributed by atoms with Crippen LogP contribution < -0.4 is 4.72 Å². The molecule has 0 saturated carbocycles. The van der Waals surface area contributed by atoms with E-state index in [2.05, 4.69) is 4.72 Å². The third kappa shape index (κ3) is 5.14. The Kier molecular flexibility index (Phi) is 6.42. The second kappa shape index (κ2) is 7.92. The van der Waals surface area contributed by atoms with Crippen molar-refractivity contribution >= 4 is 64.0 Å². The van der Waals surface area contributed by atoms with Crippen LogP contribution in [0.2, 0.25) is 5.02 Å². The van der Waals surface area contributed by atoms with E-state index in [0.717, 1.165) is 5.56 Å². The van der Waals surface area contributed by atoms with Crippen LogP contribution in [0.1, 0.15) is 11.1 Å². The van der Waals surface area contributed by atoms with E-state index in [1.165, 1.54) is 24.1 Å². The maximum atomic E-state index is 10.9. The quantitative estimate of drug-likeness (QED) is 0.289. The van der Waals surface area contributed by atoms with Gasteiger partial charge in [-0.2, -0.15) is 0 Å². The number of alkyl halides is 3. The van der Waals surface area contributed by atoms with Crippen molar-refractivity contribution in [2.75, 3.05) is 0 Å². The summed E-state index contributed by atoms with van der Waals surface area (Å²) in [6, 6.07) is 11.6. The zero-order valence-electron chi connectivity index (χ0n) is 11.4. The Morgan fingerprint density at radius 1 is 1.17 bits per heavy atom. The van der Waals surface area contributed by atoms with E-state index in [1.807, 2.05) is 18.2 Å². The molecule has 2 aromatic rings. The van der Waals surface area contributed by atoms with E-state index < -0.39 is 8.72 Å². The van der Waals surface area contributed by atoms with Crippen LogP contribution in [0.5, 0.6) is 0 Å². The molecular weight excluding hydrogens is 402 g/mol. The average Bonchev–Trinajstić information content (AvgIpc) is 2.48. The lowest BCUT2D eigenvalue weighted by Crippen LogP contribution is -2.08. The fourth-order valence-electron chi connectivity index (χ4n) is 1.78. The highest BCUT2D eigenvalue weighted by Crippen LogP contribution is 2.43. The van der Waals surface area contributed by atoms with Gasteiger partial charge in [-0.3, -0.25) is 14.8 Å². The molecule has 23 heavy (non-hydrogen) atoms. The van der Waals surface area contributed by atoms with Gasteiger partial charge in [0.2, 0.25) is 3.79 Å². The molecular formula is C14H10Cl4N2O2S. The summed E-state index contributed by atoms with van der Waals surface area (Å²) in [5, 5.41) is 11.5. The minimum absolute atomic E-state index is 0.137. The van der Waals surface area contributed by atoms with Crippen molar-refractivity contribution < 1.29 is 4.92 Å². The number of nitrogens with one attached hydrogen (secondary N) is 1. The van der Waals surface area contributed by atoms with Crippen LogP contribution in [0.15, 0.2) is 47.4 Å². The summed E-state index contributed by atoms with van der Waals surface area (Å²) >= 11 is 25.0. The van der Waals surface area contributed by atoms with Gasteiger partial charge in [0.15, 0.2) is 0 Å². The maximum absolute atomic E-state index is 10.9. The number of nitrogens with zero attached hydrogens (tertiary/aromatic N) is 1. The normalized spacial score (nSPS) is 11.5. The van der Waals surface area contributed by atoms with Crippen LogP contribution >= 0.6 is 58.4 Å². The standard InChI is InChI=1S/C14H10Cl4N2O2S/c15-12-4-2-1-3-9(12)8-19-23-13-6-5-10(20(21)22)7-11(13)14(16,17)18/h1-7,19H,8H2. The van der Waals surface area contributed by atoms with Crippen molar-refractivity contribution in [3.8, 4) is 0 Å². The van der Waals surface area contributed by atoms with Gasteiger partial charge in [-0.1, -0.05) is 64.6 Å². The Morgan fingerprint density at radius 2 is 1.87 bits per heavy atom. The van der Waals surface area contributed by atoms with Crippen LogP contribution in [-0.4, -0.2) is 4.92 Å². The van der Waals surface area contributed by atoms with E-state index in [0.29, 0.717) is 16.5 Å². The maximum Gasteiger partial charge on any atom is 0.269 e. The van der Waals surface area contributed by atoms with Crippen LogP contribution in [0.3, 0.4) is 0 Å². The van der Waals surface area contributed by atoms with Gasteiger partial charge in [-0.25, -0.2) is 0 Å². The molecule has 9 heteroatoms. The van der Waals surface area contributed by atoms with Crippen molar-refractivity contribution in [1.82, 2.24) is 4.72 Å². The fraction of sp³-hybridized carbons (Fsp3) is 0.143. The Morgan fingerprint density at radius 3 is 2.48 bits per heavy atom. The average molecular weight is 412 g/mol. The molecule has 1 N–H and O–H groups in total. The summed E-state index contributed by atoms with van der Waals surface area (Å²) in [4.78, 5) is 10.9. The highest BCUT2D eigenvalue weighted by molar-refractivity contribution is 7.97. The molecule has 0 aromatic heterocycles. The Bertz CT molecular complexity index is 722. The number of nitro groups is 1. The third-order valence-electron chi connectivity index (χ3n) is 2.88. The van der Waals surface area contributed by atoms with Gasteiger partial charge in [0.1, 0.15) is 0 Å². The smallest absolute Gasteiger partial charge is 0.258 e. The minimum Gasteiger partial charge on any atom is -0.258 e. The Balaban J connectivity index is 2.16. The lowest BCUT2D eigenvalue weighted by Gasteiger charge is -2.16. The molecule has 0 amide bonds. The summed E-state index contributed by atoms with van der Waals surface area (Å²) in [5.74, 6) is 0. The molecule has 0 atom stereocenters. The van der Waals surface area contributed by atoms with Gasteiger partial charge in [-0.05, 0) is 29.6 Å². The van der Waals surface area contributed by atoms with Crippen LogP contribution in [-0.2, 0) is 10.3 Å². The van der Waals surface area contributed by atoms with Crippen molar-refractivity contribution in [3.05, 3.63) is 68.7 Å². The van der Waals surface area contributed by atoms with Gasteiger partial charge in [0.25, 0.3) is 5.69 Å². The van der Waals surface area contributed by atoms with Gasteiger partial charge < -0.3 is 0 Å². The highest BCUT2D eigenvalue weighted by Gasteiger charge is 2.28. The minimum atomic E-state index is -1.76. The molecule has 0 spiro atoms. The van der Waals surface area contributed by atoms with Crippen LogP contribution in [0.25, 0.3) is 0 Å². The SMILES string of the molecule is O=[N+]([O-])c1ccc(SNCc2ccccc2Cl)c(C(Cl)(Cl)Cl)c1. The lowest BCUT2D eigenvalue weighted by atomic mass is 10.2. The molecule has 2 aromatic carbocycles.